The molecule has 17 heavy (non-hydrogen) atoms. The van der Waals surface area contributed by atoms with Gasteiger partial charge in [0.25, 0.3) is 0 Å². The number of aryl methyl sites for hydroxylation is 1. The molecule has 0 heterocycles. The highest BCUT2D eigenvalue weighted by Gasteiger charge is 2.03. The molecule has 0 amide bonds. The summed E-state index contributed by atoms with van der Waals surface area (Å²) in [5.74, 6) is 0.898. The van der Waals surface area contributed by atoms with E-state index in [1.54, 1.807) is 7.11 Å². The average Bonchev–Trinajstić information content (AvgIpc) is 2.35. The Morgan fingerprint density at radius 3 is 2.41 bits per heavy atom. The van der Waals surface area contributed by atoms with Crippen molar-refractivity contribution in [1.82, 2.24) is 0 Å². The molecule has 0 saturated carbocycles. The minimum absolute atomic E-state index is 0.898. The Morgan fingerprint density at radius 1 is 1.06 bits per heavy atom. The number of hydrogen-bond acceptors (Lipinski definition) is 1. The molecule has 2 heteroatoms. The lowest BCUT2D eigenvalue weighted by Gasteiger charge is -2.07. The van der Waals surface area contributed by atoms with Gasteiger partial charge in [0.1, 0.15) is 5.75 Å². The largest absolute Gasteiger partial charge is 0.497 e. The van der Waals surface area contributed by atoms with Crippen molar-refractivity contribution in [3.05, 3.63) is 63.6 Å². The molecule has 0 aromatic heterocycles. The molecule has 0 atom stereocenters. The normalized spacial score (nSPS) is 10.3. The van der Waals surface area contributed by atoms with Gasteiger partial charge < -0.3 is 4.74 Å². The van der Waals surface area contributed by atoms with Crippen molar-refractivity contribution in [2.24, 2.45) is 0 Å². The maximum atomic E-state index is 5.25. The van der Waals surface area contributed by atoms with E-state index in [0.717, 1.165) is 16.6 Å². The summed E-state index contributed by atoms with van der Waals surface area (Å²) in [4.78, 5) is 0. The Labute approximate surface area is 111 Å². The zero-order valence-electron chi connectivity index (χ0n) is 10.0. The lowest BCUT2D eigenvalue weighted by Crippen LogP contribution is -1.91. The number of benzene rings is 2. The van der Waals surface area contributed by atoms with Gasteiger partial charge in [-0.3, -0.25) is 0 Å². The first-order valence-electron chi connectivity index (χ1n) is 5.57. The van der Waals surface area contributed by atoms with Crippen LogP contribution in [-0.4, -0.2) is 7.11 Å². The number of methoxy groups -OCH3 is 1. The summed E-state index contributed by atoms with van der Waals surface area (Å²) < 4.78 is 6.37. The minimum Gasteiger partial charge on any atom is -0.497 e. The fourth-order valence-corrected chi connectivity index (χ4v) is 2.13. The van der Waals surface area contributed by atoms with Crippen molar-refractivity contribution >= 4 is 15.9 Å². The van der Waals surface area contributed by atoms with Gasteiger partial charge in [-0.05, 0) is 42.7 Å². The van der Waals surface area contributed by atoms with Gasteiger partial charge in [0, 0.05) is 4.47 Å². The van der Waals surface area contributed by atoms with Crippen molar-refractivity contribution < 1.29 is 4.74 Å². The molecular weight excluding hydrogens is 276 g/mol. The number of ether oxygens (including phenoxy) is 1. The van der Waals surface area contributed by atoms with Crippen molar-refractivity contribution in [2.75, 3.05) is 7.11 Å². The van der Waals surface area contributed by atoms with Gasteiger partial charge >= 0.3 is 0 Å². The summed E-state index contributed by atoms with van der Waals surface area (Å²) in [5, 5.41) is 0. The molecule has 0 aliphatic rings. The highest BCUT2D eigenvalue weighted by Crippen LogP contribution is 2.24. The van der Waals surface area contributed by atoms with Gasteiger partial charge in [-0.15, -0.1) is 0 Å². The van der Waals surface area contributed by atoms with Crippen molar-refractivity contribution in [3.8, 4) is 5.75 Å². The predicted octanol–water partition coefficient (Wildman–Crippen LogP) is 4.36. The summed E-state index contributed by atoms with van der Waals surface area (Å²) in [6, 6.07) is 14.7. The van der Waals surface area contributed by atoms with Gasteiger partial charge in [0.15, 0.2) is 0 Å². The van der Waals surface area contributed by atoms with E-state index in [1.807, 2.05) is 12.1 Å². The van der Waals surface area contributed by atoms with Crippen LogP contribution >= 0.6 is 15.9 Å². The van der Waals surface area contributed by atoms with Crippen molar-refractivity contribution in [3.63, 3.8) is 0 Å². The summed E-state index contributed by atoms with van der Waals surface area (Å²) in [7, 11) is 1.69. The Balaban J connectivity index is 2.25. The van der Waals surface area contributed by atoms with E-state index < -0.39 is 0 Å². The third kappa shape index (κ3) is 3.10. The van der Waals surface area contributed by atoms with Crippen molar-refractivity contribution in [2.45, 2.75) is 13.3 Å². The van der Waals surface area contributed by atoms with Crippen LogP contribution in [0.4, 0.5) is 0 Å². The molecule has 0 N–H and O–H groups in total. The number of halogens is 1. The van der Waals surface area contributed by atoms with Gasteiger partial charge in [-0.1, -0.05) is 45.8 Å². The molecule has 0 bridgehead atoms. The molecule has 88 valence electrons. The second-order valence-electron chi connectivity index (χ2n) is 4.12. The fraction of sp³-hybridized carbons (Fsp3) is 0.200. The second kappa shape index (κ2) is 5.37. The zero-order chi connectivity index (χ0) is 12.3. The fourth-order valence-electron chi connectivity index (χ4n) is 1.74. The molecule has 0 spiro atoms. The summed E-state index contributed by atoms with van der Waals surface area (Å²) in [6.45, 7) is 2.10. The Morgan fingerprint density at radius 2 is 1.76 bits per heavy atom. The van der Waals surface area contributed by atoms with Crippen LogP contribution in [0.5, 0.6) is 5.75 Å². The third-order valence-electron chi connectivity index (χ3n) is 2.77. The first kappa shape index (κ1) is 12.2. The van der Waals surface area contributed by atoms with Crippen LogP contribution in [-0.2, 0) is 6.42 Å². The maximum Gasteiger partial charge on any atom is 0.119 e. The molecule has 0 fully saturated rings. The highest BCUT2D eigenvalue weighted by atomic mass is 79.9. The minimum atomic E-state index is 0.898. The average molecular weight is 291 g/mol. The lowest BCUT2D eigenvalue weighted by molar-refractivity contribution is 0.414. The Kier molecular flexibility index (Phi) is 3.85. The highest BCUT2D eigenvalue weighted by molar-refractivity contribution is 9.10. The van der Waals surface area contributed by atoms with E-state index in [-0.39, 0.29) is 0 Å². The molecule has 2 aromatic carbocycles. The first-order valence-corrected chi connectivity index (χ1v) is 6.36. The molecule has 0 saturated heterocycles. The van der Waals surface area contributed by atoms with Crippen LogP contribution in [0.25, 0.3) is 0 Å². The maximum absolute atomic E-state index is 5.25. The van der Waals surface area contributed by atoms with Gasteiger partial charge in [-0.25, -0.2) is 0 Å². The van der Waals surface area contributed by atoms with Crippen LogP contribution < -0.4 is 4.74 Å². The van der Waals surface area contributed by atoms with Gasteiger partial charge in [0.2, 0.25) is 0 Å². The molecule has 0 radical (unpaired) electrons. The number of hydrogen-bond donors (Lipinski definition) is 0. The van der Waals surface area contributed by atoms with E-state index >= 15 is 0 Å². The van der Waals surface area contributed by atoms with E-state index in [0.29, 0.717) is 0 Å². The van der Waals surface area contributed by atoms with Crippen molar-refractivity contribution in [1.29, 1.82) is 0 Å². The van der Waals surface area contributed by atoms with E-state index in [9.17, 15) is 0 Å². The van der Waals surface area contributed by atoms with Crippen LogP contribution in [0, 0.1) is 6.92 Å². The van der Waals surface area contributed by atoms with Gasteiger partial charge in [-0.2, -0.15) is 0 Å². The van der Waals surface area contributed by atoms with Crippen LogP contribution in [0.3, 0.4) is 0 Å². The quantitative estimate of drug-likeness (QED) is 0.816. The Bertz CT molecular complexity index is 503. The Hall–Kier alpha value is -1.28. The molecule has 2 rings (SSSR count). The smallest absolute Gasteiger partial charge is 0.119 e. The lowest BCUT2D eigenvalue weighted by atomic mass is 10.0. The molecule has 2 aromatic rings. The molecule has 0 aliphatic heterocycles. The topological polar surface area (TPSA) is 9.23 Å². The van der Waals surface area contributed by atoms with Gasteiger partial charge in [0.05, 0.1) is 7.11 Å². The predicted molar refractivity (Wildman–Crippen MR) is 74.7 cm³/mol. The van der Waals surface area contributed by atoms with E-state index in [2.05, 4.69) is 53.2 Å². The second-order valence-corrected chi connectivity index (χ2v) is 4.97. The summed E-state index contributed by atoms with van der Waals surface area (Å²) in [5.41, 5.74) is 3.84. The third-order valence-corrected chi connectivity index (χ3v) is 3.54. The molecule has 0 unspecified atom stereocenters. The SMILES string of the molecule is COc1ccc(Br)c(Cc2ccc(C)cc2)c1. The standard InChI is InChI=1S/C15H15BrO/c1-11-3-5-12(6-4-11)9-13-10-14(17-2)7-8-15(13)16/h3-8,10H,9H2,1-2H3. The van der Waals surface area contributed by atoms with Crippen LogP contribution in [0.2, 0.25) is 0 Å². The molecule has 0 aliphatic carbocycles. The summed E-state index contributed by atoms with van der Waals surface area (Å²) in [6.07, 6.45) is 0.915. The number of rotatable bonds is 3. The first-order chi connectivity index (χ1) is 8.19. The van der Waals surface area contributed by atoms with E-state index in [4.69, 9.17) is 4.74 Å². The zero-order valence-corrected chi connectivity index (χ0v) is 11.6. The van der Waals surface area contributed by atoms with E-state index in [1.165, 1.54) is 16.7 Å². The molecular formula is C15H15BrO. The monoisotopic (exact) mass is 290 g/mol. The molecule has 1 nitrogen and oxygen atoms in total. The summed E-state index contributed by atoms with van der Waals surface area (Å²) >= 11 is 3.58. The van der Waals surface area contributed by atoms with Crippen LogP contribution in [0.15, 0.2) is 46.9 Å². The van der Waals surface area contributed by atoms with Crippen LogP contribution in [0.1, 0.15) is 16.7 Å².